The van der Waals surface area contributed by atoms with Crippen molar-refractivity contribution in [1.29, 1.82) is 0 Å². The molecular weight excluding hydrogens is 288 g/mol. The Kier molecular flexibility index (Phi) is 4.89. The van der Waals surface area contributed by atoms with Crippen molar-refractivity contribution >= 4 is 27.3 Å². The van der Waals surface area contributed by atoms with Crippen LogP contribution in [0.5, 0.6) is 0 Å². The molecule has 0 aliphatic rings. The van der Waals surface area contributed by atoms with Crippen molar-refractivity contribution in [2.75, 3.05) is 19.0 Å². The van der Waals surface area contributed by atoms with E-state index in [-0.39, 0.29) is 16.7 Å². The third-order valence-corrected chi connectivity index (χ3v) is 2.96. The molecule has 0 heterocycles. The van der Waals surface area contributed by atoms with Gasteiger partial charge in [0, 0.05) is 29.3 Å². The Morgan fingerprint density at radius 2 is 2.24 bits per heavy atom. The summed E-state index contributed by atoms with van der Waals surface area (Å²) in [5.41, 5.74) is 1.44. The number of hydrogen-bond donors (Lipinski definition) is 1. The highest BCUT2D eigenvalue weighted by atomic mass is 79.9. The highest BCUT2D eigenvalue weighted by molar-refractivity contribution is 9.10. The first-order chi connectivity index (χ1) is 7.95. The number of nitro groups is 1. The molecule has 0 saturated carbocycles. The summed E-state index contributed by atoms with van der Waals surface area (Å²) in [4.78, 5) is 10.5. The van der Waals surface area contributed by atoms with Crippen LogP contribution in [0.3, 0.4) is 0 Å². The van der Waals surface area contributed by atoms with Crippen LogP contribution in [0, 0.1) is 17.0 Å². The zero-order valence-corrected chi connectivity index (χ0v) is 11.6. The molecule has 1 aromatic carbocycles. The highest BCUT2D eigenvalue weighted by Crippen LogP contribution is 2.30. The molecule has 94 valence electrons. The molecule has 0 aliphatic heterocycles. The van der Waals surface area contributed by atoms with Gasteiger partial charge in [-0.1, -0.05) is 0 Å². The topological polar surface area (TPSA) is 64.4 Å². The molecule has 1 atom stereocenters. The monoisotopic (exact) mass is 302 g/mol. The third-order valence-electron chi connectivity index (χ3n) is 2.30. The van der Waals surface area contributed by atoms with E-state index in [9.17, 15) is 10.1 Å². The number of aryl methyl sites for hydroxylation is 1. The lowest BCUT2D eigenvalue weighted by Gasteiger charge is -2.15. The minimum Gasteiger partial charge on any atom is -0.383 e. The van der Waals surface area contributed by atoms with Gasteiger partial charge in [0.1, 0.15) is 0 Å². The summed E-state index contributed by atoms with van der Waals surface area (Å²) in [6.45, 7) is 4.20. The largest absolute Gasteiger partial charge is 0.383 e. The molecule has 1 unspecified atom stereocenters. The Morgan fingerprint density at radius 3 is 2.76 bits per heavy atom. The average molecular weight is 303 g/mol. The van der Waals surface area contributed by atoms with Crippen LogP contribution < -0.4 is 5.32 Å². The predicted molar refractivity (Wildman–Crippen MR) is 70.5 cm³/mol. The Balaban J connectivity index is 2.99. The van der Waals surface area contributed by atoms with Crippen LogP contribution in [0.1, 0.15) is 12.5 Å². The van der Waals surface area contributed by atoms with Crippen molar-refractivity contribution < 1.29 is 9.66 Å². The number of halogens is 1. The van der Waals surface area contributed by atoms with Crippen molar-refractivity contribution in [1.82, 2.24) is 0 Å². The molecule has 1 N–H and O–H groups in total. The van der Waals surface area contributed by atoms with E-state index in [1.807, 2.05) is 6.92 Å². The first kappa shape index (κ1) is 13.9. The molecule has 5 nitrogen and oxygen atoms in total. The van der Waals surface area contributed by atoms with E-state index in [0.717, 1.165) is 4.47 Å². The molecule has 0 aromatic heterocycles. The molecule has 1 rings (SSSR count). The summed E-state index contributed by atoms with van der Waals surface area (Å²) in [6, 6.07) is 3.35. The number of hydrogen-bond acceptors (Lipinski definition) is 4. The fourth-order valence-corrected chi connectivity index (χ4v) is 2.10. The molecule has 6 heteroatoms. The second-order valence-electron chi connectivity index (χ2n) is 3.88. The van der Waals surface area contributed by atoms with Crippen LogP contribution in [0.25, 0.3) is 0 Å². The van der Waals surface area contributed by atoms with Crippen molar-refractivity contribution in [3.05, 3.63) is 32.3 Å². The summed E-state index contributed by atoms with van der Waals surface area (Å²) in [6.07, 6.45) is 0. The van der Waals surface area contributed by atoms with Gasteiger partial charge in [0.2, 0.25) is 0 Å². The van der Waals surface area contributed by atoms with E-state index in [2.05, 4.69) is 21.2 Å². The van der Waals surface area contributed by atoms with Crippen LogP contribution in [-0.2, 0) is 4.74 Å². The predicted octanol–water partition coefficient (Wildman–Crippen LogP) is 3.11. The maximum atomic E-state index is 10.8. The molecule has 17 heavy (non-hydrogen) atoms. The Labute approximate surface area is 108 Å². The number of nitrogens with zero attached hydrogens (tertiary/aromatic N) is 1. The first-order valence-corrected chi connectivity index (χ1v) is 5.95. The van der Waals surface area contributed by atoms with Crippen LogP contribution in [-0.4, -0.2) is 24.7 Å². The minimum absolute atomic E-state index is 0.0820. The maximum Gasteiger partial charge on any atom is 0.274 e. The lowest BCUT2D eigenvalue weighted by molar-refractivity contribution is -0.385. The standard InChI is InChI=1S/C11H15BrN2O3/c1-7-4-9(12)10(5-11(7)14(15)16)13-8(2)6-17-3/h4-5,8,13H,6H2,1-3H3. The van der Waals surface area contributed by atoms with E-state index in [1.165, 1.54) is 6.07 Å². The normalized spacial score (nSPS) is 12.2. The summed E-state index contributed by atoms with van der Waals surface area (Å²) in [5.74, 6) is 0. The molecule has 0 saturated heterocycles. The number of nitro benzene ring substituents is 1. The van der Waals surface area contributed by atoms with E-state index < -0.39 is 0 Å². The fraction of sp³-hybridized carbons (Fsp3) is 0.455. The van der Waals surface area contributed by atoms with Gasteiger partial charge in [-0.15, -0.1) is 0 Å². The Bertz CT molecular complexity index is 423. The SMILES string of the molecule is COCC(C)Nc1cc([N+](=O)[O-])c(C)cc1Br. The van der Waals surface area contributed by atoms with Gasteiger partial charge in [0.25, 0.3) is 5.69 Å². The lowest BCUT2D eigenvalue weighted by Crippen LogP contribution is -2.21. The van der Waals surface area contributed by atoms with Crippen molar-refractivity contribution in [2.24, 2.45) is 0 Å². The van der Waals surface area contributed by atoms with Gasteiger partial charge in [0.15, 0.2) is 0 Å². The van der Waals surface area contributed by atoms with Crippen molar-refractivity contribution in [3.63, 3.8) is 0 Å². The molecule has 0 radical (unpaired) electrons. The van der Waals surface area contributed by atoms with Gasteiger partial charge < -0.3 is 10.1 Å². The highest BCUT2D eigenvalue weighted by Gasteiger charge is 2.15. The molecule has 0 bridgehead atoms. The maximum absolute atomic E-state index is 10.8. The van der Waals surface area contributed by atoms with E-state index in [0.29, 0.717) is 17.9 Å². The molecule has 0 aliphatic carbocycles. The number of nitrogens with one attached hydrogen (secondary N) is 1. The van der Waals surface area contributed by atoms with Crippen LogP contribution in [0.4, 0.5) is 11.4 Å². The lowest BCUT2D eigenvalue weighted by atomic mass is 10.1. The quantitative estimate of drug-likeness (QED) is 0.670. The van der Waals surface area contributed by atoms with Gasteiger partial charge in [-0.2, -0.15) is 0 Å². The van der Waals surface area contributed by atoms with Crippen molar-refractivity contribution in [3.8, 4) is 0 Å². The summed E-state index contributed by atoms with van der Waals surface area (Å²) in [7, 11) is 1.62. The van der Waals surface area contributed by atoms with Crippen molar-refractivity contribution in [2.45, 2.75) is 19.9 Å². The molecular formula is C11H15BrN2O3. The van der Waals surface area contributed by atoms with Crippen LogP contribution >= 0.6 is 15.9 Å². The summed E-state index contributed by atoms with van der Waals surface area (Å²) >= 11 is 3.38. The molecule has 0 amide bonds. The molecule has 1 aromatic rings. The molecule has 0 fully saturated rings. The molecule has 0 spiro atoms. The zero-order chi connectivity index (χ0) is 13.0. The summed E-state index contributed by atoms with van der Waals surface area (Å²) in [5, 5.41) is 14.0. The van der Waals surface area contributed by atoms with Gasteiger partial charge in [-0.3, -0.25) is 10.1 Å². The number of ether oxygens (including phenoxy) is 1. The second kappa shape index (κ2) is 5.97. The van der Waals surface area contributed by atoms with E-state index in [1.54, 1.807) is 20.1 Å². The summed E-state index contributed by atoms with van der Waals surface area (Å²) < 4.78 is 5.81. The number of anilines is 1. The van der Waals surface area contributed by atoms with Gasteiger partial charge in [-0.05, 0) is 35.8 Å². The number of methoxy groups -OCH3 is 1. The first-order valence-electron chi connectivity index (χ1n) is 5.15. The third kappa shape index (κ3) is 3.67. The van der Waals surface area contributed by atoms with Gasteiger partial charge in [-0.25, -0.2) is 0 Å². The van der Waals surface area contributed by atoms with Gasteiger partial charge in [0.05, 0.1) is 17.2 Å². The Hall–Kier alpha value is -1.14. The number of rotatable bonds is 5. The van der Waals surface area contributed by atoms with Crippen LogP contribution in [0.15, 0.2) is 16.6 Å². The second-order valence-corrected chi connectivity index (χ2v) is 4.73. The fourth-order valence-electron chi connectivity index (χ4n) is 1.53. The smallest absolute Gasteiger partial charge is 0.274 e. The zero-order valence-electron chi connectivity index (χ0n) is 9.99. The minimum atomic E-state index is -0.381. The van der Waals surface area contributed by atoms with Crippen LogP contribution in [0.2, 0.25) is 0 Å². The Morgan fingerprint density at radius 1 is 1.59 bits per heavy atom. The van der Waals surface area contributed by atoms with E-state index >= 15 is 0 Å². The van der Waals surface area contributed by atoms with E-state index in [4.69, 9.17) is 4.74 Å². The van der Waals surface area contributed by atoms with Gasteiger partial charge >= 0.3 is 0 Å². The number of benzene rings is 1. The average Bonchev–Trinajstić information content (AvgIpc) is 2.21.